The first-order valence-corrected chi connectivity index (χ1v) is 11.0. The Bertz CT molecular complexity index is 983. The van der Waals surface area contributed by atoms with Gasteiger partial charge >= 0.3 is 0 Å². The molecular weight excluding hydrogens is 362 g/mol. The van der Waals surface area contributed by atoms with E-state index in [1.807, 2.05) is 6.07 Å². The van der Waals surface area contributed by atoms with Gasteiger partial charge in [-0.15, -0.1) is 0 Å². The van der Waals surface area contributed by atoms with Crippen molar-refractivity contribution in [2.45, 2.75) is 58.3 Å². The number of fused-ring (bicyclic) bond motifs is 1. The third-order valence-corrected chi connectivity index (χ3v) is 6.91. The van der Waals surface area contributed by atoms with Crippen molar-refractivity contribution >= 4 is 10.8 Å². The lowest BCUT2D eigenvalue weighted by Crippen LogP contribution is -2.19. The van der Waals surface area contributed by atoms with Gasteiger partial charge in [-0.3, -0.25) is 0 Å². The molecule has 1 unspecified atom stereocenters. The van der Waals surface area contributed by atoms with E-state index in [0.717, 1.165) is 22.8 Å². The quantitative estimate of drug-likeness (QED) is 0.408. The molecule has 3 aromatic carbocycles. The Kier molecular flexibility index (Phi) is 5.99. The van der Waals surface area contributed by atoms with Crippen molar-refractivity contribution in [3.05, 3.63) is 71.8 Å². The zero-order chi connectivity index (χ0) is 20.4. The molecule has 4 rings (SSSR count). The van der Waals surface area contributed by atoms with Crippen molar-refractivity contribution in [2.75, 3.05) is 0 Å². The Morgan fingerprint density at radius 2 is 1.45 bits per heavy atom. The van der Waals surface area contributed by atoms with Gasteiger partial charge in [-0.1, -0.05) is 63.1 Å². The second-order valence-electron chi connectivity index (χ2n) is 8.83. The average molecular weight is 393 g/mol. The van der Waals surface area contributed by atoms with Crippen molar-refractivity contribution < 1.29 is 8.78 Å². The van der Waals surface area contributed by atoms with Gasteiger partial charge in [0.1, 0.15) is 0 Å². The zero-order valence-corrected chi connectivity index (χ0v) is 17.4. The van der Waals surface area contributed by atoms with Crippen LogP contribution in [0.3, 0.4) is 0 Å². The van der Waals surface area contributed by atoms with Gasteiger partial charge in [0, 0.05) is 0 Å². The van der Waals surface area contributed by atoms with Crippen LogP contribution in [0.1, 0.15) is 63.9 Å². The molecule has 0 spiro atoms. The predicted octanol–water partition coefficient (Wildman–Crippen LogP) is 8.50. The van der Waals surface area contributed by atoms with Crippen molar-refractivity contribution in [1.29, 1.82) is 0 Å². The highest BCUT2D eigenvalue weighted by Gasteiger charge is 2.25. The molecule has 0 bridgehead atoms. The first-order valence-electron chi connectivity index (χ1n) is 11.0. The first kappa shape index (κ1) is 20.1. The van der Waals surface area contributed by atoms with Crippen LogP contribution in [0.2, 0.25) is 0 Å². The van der Waals surface area contributed by atoms with Crippen LogP contribution in [0.25, 0.3) is 21.9 Å². The van der Waals surface area contributed by atoms with E-state index in [2.05, 4.69) is 44.2 Å². The molecule has 0 heterocycles. The average Bonchev–Trinajstić information content (AvgIpc) is 2.75. The maximum Gasteiger partial charge on any atom is 0.159 e. The summed E-state index contributed by atoms with van der Waals surface area (Å²) in [5, 5.41) is 2.36. The van der Waals surface area contributed by atoms with E-state index in [-0.39, 0.29) is 0 Å². The fourth-order valence-electron chi connectivity index (χ4n) is 5.09. The second kappa shape index (κ2) is 8.65. The van der Waals surface area contributed by atoms with Crippen LogP contribution in [0.4, 0.5) is 8.78 Å². The molecular formula is C27H30F2. The van der Waals surface area contributed by atoms with Gasteiger partial charge in [0.25, 0.3) is 0 Å². The fourth-order valence-corrected chi connectivity index (χ4v) is 5.09. The van der Waals surface area contributed by atoms with Crippen molar-refractivity contribution in [1.82, 2.24) is 0 Å². The monoisotopic (exact) mass is 392 g/mol. The molecule has 1 aliphatic rings. The number of hydrogen-bond acceptors (Lipinski definition) is 0. The van der Waals surface area contributed by atoms with E-state index < -0.39 is 11.6 Å². The van der Waals surface area contributed by atoms with Crippen LogP contribution in [-0.2, 0) is 0 Å². The molecule has 1 fully saturated rings. The molecule has 0 radical (unpaired) electrons. The van der Waals surface area contributed by atoms with Crippen molar-refractivity contribution in [2.24, 2.45) is 11.8 Å². The normalized spacial score (nSPS) is 20.7. The van der Waals surface area contributed by atoms with Crippen molar-refractivity contribution in [3.8, 4) is 11.1 Å². The third-order valence-electron chi connectivity index (χ3n) is 6.91. The molecule has 0 N–H and O–H groups in total. The Labute approximate surface area is 173 Å². The van der Waals surface area contributed by atoms with Crippen LogP contribution >= 0.6 is 0 Å². The molecule has 0 amide bonds. The largest absolute Gasteiger partial charge is 0.204 e. The van der Waals surface area contributed by atoms with Crippen molar-refractivity contribution in [3.63, 3.8) is 0 Å². The third kappa shape index (κ3) is 4.37. The molecule has 1 atom stereocenters. The zero-order valence-electron chi connectivity index (χ0n) is 17.4. The summed E-state index contributed by atoms with van der Waals surface area (Å²) in [5.74, 6) is 0.799. The molecule has 0 nitrogen and oxygen atoms in total. The van der Waals surface area contributed by atoms with E-state index in [1.165, 1.54) is 61.6 Å². The molecule has 152 valence electrons. The smallest absolute Gasteiger partial charge is 0.159 e. The summed E-state index contributed by atoms with van der Waals surface area (Å²) >= 11 is 0. The molecule has 1 saturated carbocycles. The Morgan fingerprint density at radius 3 is 2.17 bits per heavy atom. The van der Waals surface area contributed by atoms with Crippen LogP contribution in [0, 0.1) is 23.5 Å². The highest BCUT2D eigenvalue weighted by atomic mass is 19.2. The van der Waals surface area contributed by atoms with Gasteiger partial charge in [-0.05, 0) is 89.1 Å². The maximum absolute atomic E-state index is 13.6. The summed E-state index contributed by atoms with van der Waals surface area (Å²) < 4.78 is 26.8. The minimum Gasteiger partial charge on any atom is -0.204 e. The first-order chi connectivity index (χ1) is 14.0. The van der Waals surface area contributed by atoms with E-state index in [1.54, 1.807) is 6.07 Å². The van der Waals surface area contributed by atoms with Crippen LogP contribution < -0.4 is 0 Å². The van der Waals surface area contributed by atoms with Gasteiger partial charge in [-0.2, -0.15) is 0 Å². The highest BCUT2D eigenvalue weighted by molar-refractivity contribution is 5.88. The summed E-state index contributed by atoms with van der Waals surface area (Å²) in [7, 11) is 0. The number of benzene rings is 3. The Balaban J connectivity index is 1.51. The van der Waals surface area contributed by atoms with E-state index in [9.17, 15) is 8.78 Å². The minimum atomic E-state index is -0.807. The van der Waals surface area contributed by atoms with E-state index in [4.69, 9.17) is 0 Å². The molecule has 0 aliphatic heterocycles. The summed E-state index contributed by atoms with van der Waals surface area (Å²) in [6, 6.07) is 17.0. The lowest BCUT2D eigenvalue weighted by Gasteiger charge is -2.32. The summed E-state index contributed by atoms with van der Waals surface area (Å²) in [5.41, 5.74) is 3.06. The van der Waals surface area contributed by atoms with Gasteiger partial charge < -0.3 is 0 Å². The molecule has 29 heavy (non-hydrogen) atoms. The molecule has 1 aliphatic carbocycles. The topological polar surface area (TPSA) is 0 Å². The standard InChI is InChI=1S/C27H30F2/c1-3-4-18(2)19-5-7-20(8-6-19)21-9-10-23-16-24(12-11-22(23)15-21)25-13-14-26(28)27(29)17-25/h9-20H,3-8H2,1-2H3. The van der Waals surface area contributed by atoms with Gasteiger partial charge in [0.05, 0.1) is 0 Å². The lowest BCUT2D eigenvalue weighted by atomic mass is 9.73. The number of halogens is 2. The molecule has 3 aromatic rings. The predicted molar refractivity (Wildman–Crippen MR) is 118 cm³/mol. The Hall–Kier alpha value is -2.22. The lowest BCUT2D eigenvalue weighted by molar-refractivity contribution is 0.235. The number of rotatable bonds is 5. The van der Waals surface area contributed by atoms with E-state index in [0.29, 0.717) is 11.5 Å². The second-order valence-corrected chi connectivity index (χ2v) is 8.83. The Morgan fingerprint density at radius 1 is 0.793 bits per heavy atom. The molecule has 0 saturated heterocycles. The van der Waals surface area contributed by atoms with Crippen LogP contribution in [0.15, 0.2) is 54.6 Å². The maximum atomic E-state index is 13.6. The summed E-state index contributed by atoms with van der Waals surface area (Å²) in [6.07, 6.45) is 7.91. The number of hydrogen-bond donors (Lipinski definition) is 0. The van der Waals surface area contributed by atoms with Gasteiger partial charge in [-0.25, -0.2) is 8.78 Å². The molecule has 2 heteroatoms. The van der Waals surface area contributed by atoms with Gasteiger partial charge in [0.15, 0.2) is 11.6 Å². The fraction of sp³-hybridized carbons (Fsp3) is 0.407. The summed E-state index contributed by atoms with van der Waals surface area (Å²) in [4.78, 5) is 0. The summed E-state index contributed by atoms with van der Waals surface area (Å²) in [6.45, 7) is 4.71. The van der Waals surface area contributed by atoms with Gasteiger partial charge in [0.2, 0.25) is 0 Å². The highest BCUT2D eigenvalue weighted by Crippen LogP contribution is 2.40. The minimum absolute atomic E-state index is 0.662. The van der Waals surface area contributed by atoms with E-state index >= 15 is 0 Å². The van der Waals surface area contributed by atoms with Crippen LogP contribution in [-0.4, -0.2) is 0 Å². The molecule has 0 aromatic heterocycles. The SMILES string of the molecule is CCCC(C)C1CCC(c2ccc3cc(-c4ccc(F)c(F)c4)ccc3c2)CC1. The van der Waals surface area contributed by atoms with Crippen LogP contribution in [0.5, 0.6) is 0 Å².